The first kappa shape index (κ1) is 9.49. The van der Waals surface area contributed by atoms with Gasteiger partial charge in [-0.15, -0.1) is 0 Å². The predicted molar refractivity (Wildman–Crippen MR) is 48.2 cm³/mol. The molecule has 0 atom stereocenters. The Morgan fingerprint density at radius 1 is 1.45 bits per heavy atom. The van der Waals surface area contributed by atoms with Crippen LogP contribution in [-0.2, 0) is 9.47 Å². The molecule has 0 aromatic heterocycles. The molecular formula is C8H15BrO2. The standard InChI is InChI=1S/C8H15BrO2/c1-10-7-8(6-9)2-4-11-5-3-8/h2-7H2,1H3. The molecule has 0 saturated carbocycles. The molecule has 1 saturated heterocycles. The molecule has 1 aliphatic heterocycles. The number of hydrogen-bond donors (Lipinski definition) is 0. The van der Waals surface area contributed by atoms with Crippen LogP contribution in [0.5, 0.6) is 0 Å². The highest BCUT2D eigenvalue weighted by Crippen LogP contribution is 2.32. The monoisotopic (exact) mass is 222 g/mol. The van der Waals surface area contributed by atoms with Gasteiger partial charge in [0.2, 0.25) is 0 Å². The lowest BCUT2D eigenvalue weighted by Crippen LogP contribution is -2.35. The molecule has 0 radical (unpaired) electrons. The summed E-state index contributed by atoms with van der Waals surface area (Å²) in [6.45, 7) is 2.62. The van der Waals surface area contributed by atoms with Crippen molar-refractivity contribution < 1.29 is 9.47 Å². The SMILES string of the molecule is COCC1(CBr)CCOCC1. The Kier molecular flexibility index (Phi) is 3.82. The van der Waals surface area contributed by atoms with E-state index < -0.39 is 0 Å². The van der Waals surface area contributed by atoms with Gasteiger partial charge in [0.25, 0.3) is 0 Å². The molecule has 1 aliphatic rings. The van der Waals surface area contributed by atoms with Crippen molar-refractivity contribution in [3.05, 3.63) is 0 Å². The molecule has 0 aromatic rings. The van der Waals surface area contributed by atoms with Gasteiger partial charge in [-0.25, -0.2) is 0 Å². The van der Waals surface area contributed by atoms with Crippen molar-refractivity contribution in [1.29, 1.82) is 0 Å². The van der Waals surface area contributed by atoms with E-state index in [1.165, 1.54) is 0 Å². The highest BCUT2D eigenvalue weighted by Gasteiger charge is 2.31. The number of hydrogen-bond acceptors (Lipinski definition) is 2. The summed E-state index contributed by atoms with van der Waals surface area (Å²) in [7, 11) is 1.76. The average molecular weight is 223 g/mol. The fourth-order valence-electron chi connectivity index (χ4n) is 1.43. The number of ether oxygens (including phenoxy) is 2. The van der Waals surface area contributed by atoms with Gasteiger partial charge < -0.3 is 9.47 Å². The molecule has 0 amide bonds. The fourth-order valence-corrected chi connectivity index (χ4v) is 2.15. The molecular weight excluding hydrogens is 208 g/mol. The van der Waals surface area contributed by atoms with Crippen molar-refractivity contribution in [2.75, 3.05) is 32.3 Å². The van der Waals surface area contributed by atoms with E-state index in [9.17, 15) is 0 Å². The second-order valence-electron chi connectivity index (χ2n) is 3.18. The molecule has 1 fully saturated rings. The van der Waals surface area contributed by atoms with Crippen molar-refractivity contribution in [3.8, 4) is 0 Å². The highest BCUT2D eigenvalue weighted by molar-refractivity contribution is 9.09. The van der Waals surface area contributed by atoms with E-state index in [2.05, 4.69) is 15.9 Å². The quantitative estimate of drug-likeness (QED) is 0.679. The Morgan fingerprint density at radius 3 is 2.55 bits per heavy atom. The lowest BCUT2D eigenvalue weighted by atomic mass is 9.83. The Bertz CT molecular complexity index is 105. The normalized spacial score (nSPS) is 23.5. The number of alkyl halides is 1. The Balaban J connectivity index is 2.42. The van der Waals surface area contributed by atoms with Gasteiger partial charge >= 0.3 is 0 Å². The van der Waals surface area contributed by atoms with Gasteiger partial charge in [0, 0.05) is 31.1 Å². The zero-order valence-electron chi connectivity index (χ0n) is 6.94. The Hall–Kier alpha value is 0.400. The van der Waals surface area contributed by atoms with Crippen molar-refractivity contribution in [2.24, 2.45) is 5.41 Å². The topological polar surface area (TPSA) is 18.5 Å². The number of halogens is 1. The van der Waals surface area contributed by atoms with Crippen LogP contribution in [-0.4, -0.2) is 32.3 Å². The minimum absolute atomic E-state index is 0.340. The summed E-state index contributed by atoms with van der Waals surface area (Å²) < 4.78 is 10.5. The van der Waals surface area contributed by atoms with Gasteiger partial charge in [-0.05, 0) is 12.8 Å². The van der Waals surface area contributed by atoms with Gasteiger partial charge in [0.15, 0.2) is 0 Å². The molecule has 2 nitrogen and oxygen atoms in total. The summed E-state index contributed by atoms with van der Waals surface area (Å²) in [6.07, 6.45) is 2.23. The third-order valence-electron chi connectivity index (χ3n) is 2.29. The van der Waals surface area contributed by atoms with Crippen LogP contribution in [0.2, 0.25) is 0 Å². The number of rotatable bonds is 3. The molecule has 1 rings (SSSR count). The van der Waals surface area contributed by atoms with E-state index in [1.54, 1.807) is 7.11 Å². The van der Waals surface area contributed by atoms with Crippen molar-refractivity contribution in [2.45, 2.75) is 12.8 Å². The van der Waals surface area contributed by atoms with Crippen LogP contribution in [0.3, 0.4) is 0 Å². The molecule has 0 N–H and O–H groups in total. The van der Waals surface area contributed by atoms with Crippen LogP contribution in [0.15, 0.2) is 0 Å². The van der Waals surface area contributed by atoms with Gasteiger partial charge in [-0.1, -0.05) is 15.9 Å². The van der Waals surface area contributed by atoms with E-state index in [4.69, 9.17) is 9.47 Å². The predicted octanol–water partition coefficient (Wildman–Crippen LogP) is 1.82. The van der Waals surface area contributed by atoms with Crippen LogP contribution < -0.4 is 0 Å². The third kappa shape index (κ3) is 2.42. The highest BCUT2D eigenvalue weighted by atomic mass is 79.9. The molecule has 66 valence electrons. The summed E-state index contributed by atoms with van der Waals surface area (Å²) in [6, 6.07) is 0. The first-order valence-corrected chi connectivity index (χ1v) is 5.08. The summed E-state index contributed by atoms with van der Waals surface area (Å²) in [5.74, 6) is 0. The van der Waals surface area contributed by atoms with Crippen LogP contribution in [0.25, 0.3) is 0 Å². The van der Waals surface area contributed by atoms with Crippen molar-refractivity contribution >= 4 is 15.9 Å². The van der Waals surface area contributed by atoms with Gasteiger partial charge in [-0.2, -0.15) is 0 Å². The molecule has 0 aliphatic carbocycles. The number of methoxy groups -OCH3 is 1. The van der Waals surface area contributed by atoms with Gasteiger partial charge in [-0.3, -0.25) is 0 Å². The van der Waals surface area contributed by atoms with Crippen LogP contribution in [0.1, 0.15) is 12.8 Å². The smallest absolute Gasteiger partial charge is 0.0528 e. The second kappa shape index (κ2) is 4.43. The fraction of sp³-hybridized carbons (Fsp3) is 1.00. The molecule has 3 heteroatoms. The maximum atomic E-state index is 5.30. The minimum atomic E-state index is 0.340. The maximum Gasteiger partial charge on any atom is 0.0528 e. The van der Waals surface area contributed by atoms with Crippen LogP contribution in [0, 0.1) is 5.41 Å². The maximum absolute atomic E-state index is 5.30. The first-order valence-electron chi connectivity index (χ1n) is 3.96. The van der Waals surface area contributed by atoms with E-state index in [0.29, 0.717) is 5.41 Å². The van der Waals surface area contributed by atoms with Crippen molar-refractivity contribution in [1.82, 2.24) is 0 Å². The summed E-state index contributed by atoms with van der Waals surface area (Å²) in [4.78, 5) is 0. The van der Waals surface area contributed by atoms with E-state index >= 15 is 0 Å². The zero-order valence-corrected chi connectivity index (χ0v) is 8.52. The average Bonchev–Trinajstić information content (AvgIpc) is 2.07. The third-order valence-corrected chi connectivity index (χ3v) is 3.48. The molecule has 0 bridgehead atoms. The Morgan fingerprint density at radius 2 is 2.09 bits per heavy atom. The molecule has 0 aromatic carbocycles. The molecule has 11 heavy (non-hydrogen) atoms. The molecule has 0 unspecified atom stereocenters. The zero-order chi connectivity index (χ0) is 8.16. The lowest BCUT2D eigenvalue weighted by Gasteiger charge is -2.34. The van der Waals surface area contributed by atoms with Gasteiger partial charge in [0.1, 0.15) is 0 Å². The summed E-state index contributed by atoms with van der Waals surface area (Å²) in [5, 5.41) is 1.02. The van der Waals surface area contributed by atoms with Crippen LogP contribution >= 0.6 is 15.9 Å². The molecule has 0 spiro atoms. The summed E-state index contributed by atoms with van der Waals surface area (Å²) >= 11 is 3.53. The molecule has 1 heterocycles. The first-order chi connectivity index (χ1) is 5.33. The van der Waals surface area contributed by atoms with Gasteiger partial charge in [0.05, 0.1) is 6.61 Å². The second-order valence-corrected chi connectivity index (χ2v) is 3.74. The van der Waals surface area contributed by atoms with Crippen molar-refractivity contribution in [3.63, 3.8) is 0 Å². The van der Waals surface area contributed by atoms with E-state index in [-0.39, 0.29) is 0 Å². The Labute approximate surface area is 76.4 Å². The largest absolute Gasteiger partial charge is 0.384 e. The van der Waals surface area contributed by atoms with E-state index in [1.807, 2.05) is 0 Å². The van der Waals surface area contributed by atoms with E-state index in [0.717, 1.165) is 38.0 Å². The van der Waals surface area contributed by atoms with Crippen LogP contribution in [0.4, 0.5) is 0 Å². The lowest BCUT2D eigenvalue weighted by molar-refractivity contribution is -0.0140. The minimum Gasteiger partial charge on any atom is -0.384 e. The summed E-state index contributed by atoms with van der Waals surface area (Å²) in [5.41, 5.74) is 0.340.